The molecule has 0 aromatic heterocycles. The average Bonchev–Trinajstić information content (AvgIpc) is 1.55. The molecule has 0 fully saturated rings. The van der Waals surface area contributed by atoms with Crippen LogP contribution < -0.4 is 21.3 Å². The van der Waals surface area contributed by atoms with Gasteiger partial charge in [-0.15, -0.1) is 0 Å². The van der Waals surface area contributed by atoms with Crippen molar-refractivity contribution < 1.29 is 0 Å². The molecule has 23 aromatic carbocycles. The van der Waals surface area contributed by atoms with E-state index in [2.05, 4.69) is 598 Å². The highest BCUT2D eigenvalue weighted by Gasteiger charge is 2.51. The summed E-state index contributed by atoms with van der Waals surface area (Å²) in [6, 6.07) is 210. The Labute approximate surface area is 831 Å². The SMILES string of the molecule is c1ccc(-c2ccc(Nc3ccc4c(c3)C(c3ccccc3)(c3ccccc3)c3ccccc3-4)cc2)cc1.c1ccc(C2(c3ccccc3)c3ccccc3-c3ccc(Nc4ccc5ccccc5c4)cc32)cc1.c1ccc(C2(c3ccccc3)c3ccccc3-c3ccc(Nc4cccc5ccccc45)cc32)cc1.c1ccc(Nc2ccc3c(c2)C(c2ccccc2)(c2ccccc2)c2ccccc2-3)cc1. The Hall–Kier alpha value is -18.2. The summed E-state index contributed by atoms with van der Waals surface area (Å²) in [4.78, 5) is 0. The number of para-hydroxylation sites is 1. The summed E-state index contributed by atoms with van der Waals surface area (Å²) in [5, 5.41) is 19.7. The van der Waals surface area contributed by atoms with Crippen molar-refractivity contribution in [3.05, 3.63) is 671 Å². The van der Waals surface area contributed by atoms with Gasteiger partial charge in [0.05, 0.1) is 21.7 Å². The number of rotatable bonds is 17. The molecule has 0 amide bonds. The molecule has 27 rings (SSSR count). The highest BCUT2D eigenvalue weighted by molar-refractivity contribution is 5.98. The lowest BCUT2D eigenvalue weighted by atomic mass is 9.67. The number of hydrogen-bond acceptors (Lipinski definition) is 4. The summed E-state index contributed by atoms with van der Waals surface area (Å²) in [6.07, 6.45) is 0. The third kappa shape index (κ3) is 15.3. The van der Waals surface area contributed by atoms with Gasteiger partial charge in [-0.25, -0.2) is 0 Å². The Kier molecular flexibility index (Phi) is 23.0. The molecule has 4 aliphatic carbocycles. The number of benzene rings is 23. The second kappa shape index (κ2) is 37.7. The van der Waals surface area contributed by atoms with Crippen LogP contribution in [-0.2, 0) is 21.7 Å². The molecule has 23 aromatic rings. The van der Waals surface area contributed by atoms with Crippen molar-refractivity contribution in [2.75, 3.05) is 21.3 Å². The van der Waals surface area contributed by atoms with Crippen LogP contribution in [0.4, 0.5) is 45.5 Å². The third-order valence-electron chi connectivity index (χ3n) is 29.3. The summed E-state index contributed by atoms with van der Waals surface area (Å²) in [7, 11) is 0. The molecule has 4 N–H and O–H groups in total. The molecule has 0 atom stereocenters. The number of anilines is 8. The fraction of sp³-hybridized carbons (Fsp3) is 0.0290. The lowest BCUT2D eigenvalue weighted by Gasteiger charge is -2.34. The van der Waals surface area contributed by atoms with Crippen molar-refractivity contribution >= 4 is 67.0 Å². The molecular formula is C138H100N4. The van der Waals surface area contributed by atoms with Gasteiger partial charge < -0.3 is 21.3 Å². The first-order valence-corrected chi connectivity index (χ1v) is 49.1. The minimum Gasteiger partial charge on any atom is -0.356 e. The lowest BCUT2D eigenvalue weighted by molar-refractivity contribution is 0.769. The minimum atomic E-state index is -0.386. The van der Waals surface area contributed by atoms with Crippen molar-refractivity contribution in [2.24, 2.45) is 0 Å². The van der Waals surface area contributed by atoms with Gasteiger partial charge >= 0.3 is 0 Å². The van der Waals surface area contributed by atoms with Crippen molar-refractivity contribution in [1.82, 2.24) is 0 Å². The number of hydrogen-bond donors (Lipinski definition) is 4. The predicted molar refractivity (Wildman–Crippen MR) is 594 cm³/mol. The van der Waals surface area contributed by atoms with E-state index in [0.717, 1.165) is 45.5 Å². The van der Waals surface area contributed by atoms with Gasteiger partial charge in [0, 0.05) is 50.9 Å². The van der Waals surface area contributed by atoms with Crippen LogP contribution in [0, 0.1) is 0 Å². The van der Waals surface area contributed by atoms with Crippen LogP contribution in [0.15, 0.2) is 582 Å². The quantitative estimate of drug-likeness (QED) is 0.0734. The monoisotopic (exact) mass is 1810 g/mol. The Bertz CT molecular complexity index is 8300. The van der Waals surface area contributed by atoms with E-state index in [1.807, 2.05) is 6.07 Å². The van der Waals surface area contributed by atoms with E-state index in [-0.39, 0.29) is 21.7 Å². The molecule has 0 saturated heterocycles. The van der Waals surface area contributed by atoms with Gasteiger partial charge in [0.25, 0.3) is 0 Å². The highest BCUT2D eigenvalue weighted by atomic mass is 14.9. The Morgan fingerprint density at radius 1 is 0.120 bits per heavy atom. The Morgan fingerprint density at radius 3 is 0.690 bits per heavy atom. The topological polar surface area (TPSA) is 48.1 Å². The fourth-order valence-corrected chi connectivity index (χ4v) is 23.2. The molecule has 4 aliphatic rings. The lowest BCUT2D eigenvalue weighted by Crippen LogP contribution is -2.28. The third-order valence-corrected chi connectivity index (χ3v) is 29.3. The molecule has 4 nitrogen and oxygen atoms in total. The van der Waals surface area contributed by atoms with Crippen LogP contribution in [0.5, 0.6) is 0 Å². The molecule has 4 heteroatoms. The maximum atomic E-state index is 3.74. The molecule has 0 unspecified atom stereocenters. The van der Waals surface area contributed by atoms with E-state index in [9.17, 15) is 0 Å². The molecule has 0 aliphatic heterocycles. The summed E-state index contributed by atoms with van der Waals surface area (Å²) >= 11 is 0. The fourth-order valence-electron chi connectivity index (χ4n) is 23.2. The molecule has 0 saturated carbocycles. The van der Waals surface area contributed by atoms with Crippen molar-refractivity contribution in [1.29, 1.82) is 0 Å². The molecular weight excluding hydrogens is 1710 g/mol. The standard InChI is InChI=1S/C37H27N.2C35H25N.C31H23N/c1-4-12-27(13-5-1)28-20-22-31(23-21-28)38-32-24-25-34-33-18-10-11-19-35(33)37(36(34)26-32,29-14-6-2-7-15-29)30-16-8-3-9-17-30;1-3-14-26(15-4-1)35(27-16-5-2-6-17-27)32-20-10-9-19-30(32)31-23-22-28(24-33(31)35)36-34-21-11-13-25-12-7-8-18-29(25)34;1-3-13-27(14-4-1)35(28-15-5-2-6-16-28)33-18-10-9-17-31(33)32-22-21-30(24-34(32)35)36-29-20-19-25-11-7-8-12-26(25)23-29;1-4-12-23(13-5-1)31(24-14-6-2-7-15-24)29-19-11-10-18-27(29)28-21-20-26(22-30(28)31)32-25-16-8-3-9-17-25/h1-26,38H;2*1-24,36H;1-22,32H. The summed E-state index contributed by atoms with van der Waals surface area (Å²) in [6.45, 7) is 0. The zero-order valence-corrected chi connectivity index (χ0v) is 78.4. The first kappa shape index (κ1) is 86.6. The zero-order chi connectivity index (χ0) is 94.6. The minimum absolute atomic E-state index is 0.358. The van der Waals surface area contributed by atoms with Gasteiger partial charge in [0.15, 0.2) is 0 Å². The average molecular weight is 1810 g/mol. The summed E-state index contributed by atoms with van der Waals surface area (Å²) in [5.74, 6) is 0. The van der Waals surface area contributed by atoms with Crippen LogP contribution in [0.1, 0.15) is 89.0 Å². The van der Waals surface area contributed by atoms with Gasteiger partial charge in [-0.05, 0) is 252 Å². The van der Waals surface area contributed by atoms with E-state index >= 15 is 0 Å². The number of nitrogens with one attached hydrogen (secondary N) is 4. The van der Waals surface area contributed by atoms with E-state index < -0.39 is 0 Å². The second-order valence-corrected chi connectivity index (χ2v) is 37.1. The normalized spacial score (nSPS) is 13.2. The molecule has 0 spiro atoms. The van der Waals surface area contributed by atoms with E-state index in [4.69, 9.17) is 0 Å². The van der Waals surface area contributed by atoms with Crippen molar-refractivity contribution in [3.63, 3.8) is 0 Å². The van der Waals surface area contributed by atoms with Gasteiger partial charge in [-0.1, -0.05) is 491 Å². The largest absolute Gasteiger partial charge is 0.356 e. The van der Waals surface area contributed by atoms with Crippen LogP contribution in [0.25, 0.3) is 77.2 Å². The van der Waals surface area contributed by atoms with Crippen LogP contribution in [0.3, 0.4) is 0 Å². The second-order valence-electron chi connectivity index (χ2n) is 37.1. The summed E-state index contributed by atoms with van der Waals surface area (Å²) < 4.78 is 0. The molecule has 0 heterocycles. The molecule has 0 bridgehead atoms. The van der Waals surface area contributed by atoms with Gasteiger partial charge in [-0.3, -0.25) is 0 Å². The number of fused-ring (bicyclic) bond motifs is 14. The Balaban J connectivity index is 0.000000102. The molecule has 0 radical (unpaired) electrons. The Morgan fingerprint density at radius 2 is 0.345 bits per heavy atom. The summed E-state index contributed by atoms with van der Waals surface area (Å²) in [5.41, 5.74) is 40.9. The van der Waals surface area contributed by atoms with Crippen LogP contribution in [-0.4, -0.2) is 0 Å². The van der Waals surface area contributed by atoms with Crippen LogP contribution in [0.2, 0.25) is 0 Å². The molecule has 672 valence electrons. The van der Waals surface area contributed by atoms with E-state index in [1.165, 1.54) is 166 Å². The van der Waals surface area contributed by atoms with E-state index in [1.54, 1.807) is 0 Å². The first-order chi connectivity index (χ1) is 70.4. The van der Waals surface area contributed by atoms with Crippen LogP contribution >= 0.6 is 0 Å². The first-order valence-electron chi connectivity index (χ1n) is 49.1. The van der Waals surface area contributed by atoms with Gasteiger partial charge in [0.2, 0.25) is 0 Å². The maximum absolute atomic E-state index is 3.74. The smallest absolute Gasteiger partial charge is 0.0714 e. The highest BCUT2D eigenvalue weighted by Crippen LogP contribution is 2.62. The van der Waals surface area contributed by atoms with E-state index in [0.29, 0.717) is 0 Å². The zero-order valence-electron chi connectivity index (χ0n) is 78.4. The molecule has 142 heavy (non-hydrogen) atoms. The predicted octanol–water partition coefficient (Wildman–Crippen LogP) is 35.1. The van der Waals surface area contributed by atoms with Gasteiger partial charge in [0.1, 0.15) is 0 Å². The van der Waals surface area contributed by atoms with Gasteiger partial charge in [-0.2, -0.15) is 0 Å². The maximum Gasteiger partial charge on any atom is 0.0714 e. The van der Waals surface area contributed by atoms with Crippen molar-refractivity contribution in [3.8, 4) is 55.6 Å². The van der Waals surface area contributed by atoms with Crippen molar-refractivity contribution in [2.45, 2.75) is 21.7 Å².